The van der Waals surface area contributed by atoms with Gasteiger partial charge < -0.3 is 15.0 Å². The smallest absolute Gasteiger partial charge is 0.251 e. The van der Waals surface area contributed by atoms with Crippen LogP contribution in [-0.4, -0.2) is 26.1 Å². The second-order valence-corrected chi connectivity index (χ2v) is 6.17. The van der Waals surface area contributed by atoms with Crippen LogP contribution in [0.4, 0.5) is 5.69 Å². The van der Waals surface area contributed by atoms with Crippen molar-refractivity contribution >= 4 is 11.6 Å². The van der Waals surface area contributed by atoms with Crippen LogP contribution >= 0.6 is 0 Å². The van der Waals surface area contributed by atoms with E-state index in [1.165, 1.54) is 18.5 Å². The number of hydrogen-bond acceptors (Lipinski definition) is 3. The van der Waals surface area contributed by atoms with E-state index in [0.29, 0.717) is 18.7 Å². The fourth-order valence-corrected chi connectivity index (χ4v) is 3.00. The minimum atomic E-state index is -0.0532. The number of carbonyl (C=O) groups excluding carboxylic acids is 1. The van der Waals surface area contributed by atoms with Gasteiger partial charge in [-0.15, -0.1) is 0 Å². The number of nitrogens with one attached hydrogen (secondary N) is 1. The molecule has 0 aliphatic carbocycles. The van der Waals surface area contributed by atoms with Crippen LogP contribution in [0.15, 0.2) is 48.5 Å². The normalized spacial score (nSPS) is 14.0. The van der Waals surface area contributed by atoms with Crippen molar-refractivity contribution in [3.05, 3.63) is 65.2 Å². The molecule has 4 heteroatoms. The van der Waals surface area contributed by atoms with Gasteiger partial charge in [0.1, 0.15) is 0 Å². The molecule has 2 aromatic rings. The summed E-state index contributed by atoms with van der Waals surface area (Å²) in [5, 5.41) is 2.97. The lowest BCUT2D eigenvalue weighted by Crippen LogP contribution is -2.23. The number of rotatable bonds is 6. The molecule has 1 aliphatic heterocycles. The van der Waals surface area contributed by atoms with E-state index in [9.17, 15) is 4.79 Å². The molecule has 4 nitrogen and oxygen atoms in total. The van der Waals surface area contributed by atoms with Gasteiger partial charge in [0.15, 0.2) is 0 Å². The largest absolute Gasteiger partial charge is 0.380 e. The van der Waals surface area contributed by atoms with Crippen LogP contribution in [0.2, 0.25) is 0 Å². The Kier molecular flexibility index (Phi) is 5.49. The number of benzene rings is 2. The van der Waals surface area contributed by atoms with Gasteiger partial charge in [-0.1, -0.05) is 24.3 Å². The molecule has 0 aromatic heterocycles. The Morgan fingerprint density at radius 1 is 1.00 bits per heavy atom. The zero-order chi connectivity index (χ0) is 16.8. The minimum absolute atomic E-state index is 0.0532. The van der Waals surface area contributed by atoms with Gasteiger partial charge in [0.05, 0.1) is 6.61 Å². The molecule has 24 heavy (non-hydrogen) atoms. The van der Waals surface area contributed by atoms with Crippen LogP contribution < -0.4 is 10.2 Å². The van der Waals surface area contributed by atoms with E-state index in [4.69, 9.17) is 4.74 Å². The summed E-state index contributed by atoms with van der Waals surface area (Å²) in [7, 11) is 1.66. The Hall–Kier alpha value is -2.33. The van der Waals surface area contributed by atoms with Gasteiger partial charge in [-0.25, -0.2) is 0 Å². The topological polar surface area (TPSA) is 41.6 Å². The van der Waals surface area contributed by atoms with E-state index in [1.807, 2.05) is 24.3 Å². The summed E-state index contributed by atoms with van der Waals surface area (Å²) in [6, 6.07) is 16.0. The molecule has 0 saturated carbocycles. The third-order valence-corrected chi connectivity index (χ3v) is 4.39. The predicted octanol–water partition coefficient (Wildman–Crippen LogP) is 3.36. The third kappa shape index (κ3) is 4.15. The van der Waals surface area contributed by atoms with Crippen molar-refractivity contribution in [3.8, 4) is 0 Å². The molecule has 1 fully saturated rings. The van der Waals surface area contributed by atoms with E-state index >= 15 is 0 Å². The lowest BCUT2D eigenvalue weighted by atomic mass is 10.1. The SMILES string of the molecule is COCc1ccc(C(=O)NCc2ccc(N3CCCC3)cc2)cc1. The summed E-state index contributed by atoms with van der Waals surface area (Å²) in [6.45, 7) is 3.40. The molecule has 1 amide bonds. The second-order valence-electron chi connectivity index (χ2n) is 6.17. The van der Waals surface area contributed by atoms with Gasteiger partial charge in [-0.05, 0) is 48.2 Å². The quantitative estimate of drug-likeness (QED) is 0.886. The van der Waals surface area contributed by atoms with E-state index < -0.39 is 0 Å². The Morgan fingerprint density at radius 2 is 1.62 bits per heavy atom. The average Bonchev–Trinajstić information content (AvgIpc) is 3.16. The van der Waals surface area contributed by atoms with Gasteiger partial charge in [-0.2, -0.15) is 0 Å². The zero-order valence-electron chi connectivity index (χ0n) is 14.1. The molecule has 3 rings (SSSR count). The van der Waals surface area contributed by atoms with Crippen molar-refractivity contribution in [3.63, 3.8) is 0 Å². The van der Waals surface area contributed by atoms with E-state index in [-0.39, 0.29) is 5.91 Å². The highest BCUT2D eigenvalue weighted by molar-refractivity contribution is 5.94. The van der Waals surface area contributed by atoms with Crippen LogP contribution in [0, 0.1) is 0 Å². The maximum absolute atomic E-state index is 12.2. The molecular weight excluding hydrogens is 300 g/mol. The summed E-state index contributed by atoms with van der Waals surface area (Å²) in [5.74, 6) is -0.0532. The van der Waals surface area contributed by atoms with Crippen molar-refractivity contribution in [1.29, 1.82) is 0 Å². The molecule has 1 saturated heterocycles. The summed E-state index contributed by atoms with van der Waals surface area (Å²) in [4.78, 5) is 14.6. The number of carbonyl (C=O) groups is 1. The van der Waals surface area contributed by atoms with Crippen LogP contribution in [-0.2, 0) is 17.9 Å². The van der Waals surface area contributed by atoms with Gasteiger partial charge in [0.2, 0.25) is 0 Å². The average molecular weight is 324 g/mol. The highest BCUT2D eigenvalue weighted by atomic mass is 16.5. The van der Waals surface area contributed by atoms with E-state index in [1.54, 1.807) is 7.11 Å². The standard InChI is InChI=1S/C20H24N2O2/c1-24-15-17-4-8-18(9-5-17)20(23)21-14-16-6-10-19(11-7-16)22-12-2-3-13-22/h4-11H,2-3,12-15H2,1H3,(H,21,23). The first-order valence-corrected chi connectivity index (χ1v) is 8.46. The first-order chi connectivity index (χ1) is 11.8. The number of nitrogens with zero attached hydrogens (tertiary/aromatic N) is 1. The molecule has 0 radical (unpaired) electrons. The molecule has 0 unspecified atom stereocenters. The second kappa shape index (κ2) is 7.97. The lowest BCUT2D eigenvalue weighted by molar-refractivity contribution is 0.0951. The first kappa shape index (κ1) is 16.5. The Bertz CT molecular complexity index is 659. The van der Waals surface area contributed by atoms with Crippen LogP contribution in [0.1, 0.15) is 34.3 Å². The third-order valence-electron chi connectivity index (χ3n) is 4.39. The minimum Gasteiger partial charge on any atom is -0.380 e. The molecule has 0 atom stereocenters. The van der Waals surface area contributed by atoms with E-state index in [2.05, 4.69) is 34.5 Å². The highest BCUT2D eigenvalue weighted by Crippen LogP contribution is 2.20. The number of methoxy groups -OCH3 is 1. The van der Waals surface area contributed by atoms with Crippen molar-refractivity contribution < 1.29 is 9.53 Å². The number of hydrogen-bond donors (Lipinski definition) is 1. The summed E-state index contributed by atoms with van der Waals surface area (Å²) < 4.78 is 5.08. The van der Waals surface area contributed by atoms with Crippen molar-refractivity contribution in [2.75, 3.05) is 25.1 Å². The number of amides is 1. The van der Waals surface area contributed by atoms with Crippen molar-refractivity contribution in [2.24, 2.45) is 0 Å². The maximum Gasteiger partial charge on any atom is 0.251 e. The maximum atomic E-state index is 12.2. The predicted molar refractivity (Wildman–Crippen MR) is 96.2 cm³/mol. The van der Waals surface area contributed by atoms with Gasteiger partial charge in [-0.3, -0.25) is 4.79 Å². The zero-order valence-corrected chi connectivity index (χ0v) is 14.1. The summed E-state index contributed by atoms with van der Waals surface area (Å²) in [6.07, 6.45) is 2.56. The Balaban J connectivity index is 1.53. The molecule has 0 spiro atoms. The van der Waals surface area contributed by atoms with Gasteiger partial charge >= 0.3 is 0 Å². The van der Waals surface area contributed by atoms with Crippen LogP contribution in [0.5, 0.6) is 0 Å². The Morgan fingerprint density at radius 3 is 2.25 bits per heavy atom. The number of ether oxygens (including phenoxy) is 1. The van der Waals surface area contributed by atoms with Crippen molar-refractivity contribution in [1.82, 2.24) is 5.32 Å². The fourth-order valence-electron chi connectivity index (χ4n) is 3.00. The van der Waals surface area contributed by atoms with E-state index in [0.717, 1.165) is 24.2 Å². The van der Waals surface area contributed by atoms with Crippen LogP contribution in [0.3, 0.4) is 0 Å². The van der Waals surface area contributed by atoms with Crippen LogP contribution in [0.25, 0.3) is 0 Å². The number of anilines is 1. The lowest BCUT2D eigenvalue weighted by Gasteiger charge is -2.17. The molecule has 126 valence electrons. The van der Waals surface area contributed by atoms with Gasteiger partial charge in [0.25, 0.3) is 5.91 Å². The first-order valence-electron chi connectivity index (χ1n) is 8.46. The summed E-state index contributed by atoms with van der Waals surface area (Å²) in [5.41, 5.74) is 4.12. The Labute approximate surface area is 143 Å². The van der Waals surface area contributed by atoms with Crippen molar-refractivity contribution in [2.45, 2.75) is 26.0 Å². The molecular formula is C20H24N2O2. The molecule has 0 bridgehead atoms. The highest BCUT2D eigenvalue weighted by Gasteiger charge is 2.12. The summed E-state index contributed by atoms with van der Waals surface area (Å²) >= 11 is 0. The molecule has 1 heterocycles. The molecule has 1 N–H and O–H groups in total. The molecule has 2 aromatic carbocycles. The van der Waals surface area contributed by atoms with Gasteiger partial charge in [0, 0.05) is 38.0 Å². The molecule has 1 aliphatic rings. The fraction of sp³-hybridized carbons (Fsp3) is 0.350. The monoisotopic (exact) mass is 324 g/mol.